The summed E-state index contributed by atoms with van der Waals surface area (Å²) in [7, 11) is -3.79. The van der Waals surface area contributed by atoms with Gasteiger partial charge in [-0.25, -0.2) is 8.42 Å². The number of nitrogens with zero attached hydrogens (tertiary/aromatic N) is 2. The first-order valence-corrected chi connectivity index (χ1v) is 8.16. The molecule has 0 aromatic carbocycles. The first-order chi connectivity index (χ1) is 9.30. The Labute approximate surface area is 119 Å². The number of nitrogens with one attached hydrogen (secondary N) is 1. The number of nitriles is 1. The number of aromatic nitrogens is 1. The highest BCUT2D eigenvalue weighted by Crippen LogP contribution is 2.33. The summed E-state index contributed by atoms with van der Waals surface area (Å²) in [6.07, 6.45) is 2.76. The Morgan fingerprint density at radius 1 is 1.40 bits per heavy atom. The predicted octanol–water partition coefficient (Wildman–Crippen LogP) is 2.04. The van der Waals surface area contributed by atoms with Crippen LogP contribution in [0.15, 0.2) is 9.42 Å². The molecule has 0 radical (unpaired) electrons. The molecule has 1 aliphatic rings. The second-order valence-corrected chi connectivity index (χ2v) is 7.25. The zero-order chi connectivity index (χ0) is 15.0. The third-order valence-corrected chi connectivity index (χ3v) is 5.69. The van der Waals surface area contributed by atoms with Gasteiger partial charge < -0.3 is 4.52 Å². The van der Waals surface area contributed by atoms with E-state index in [4.69, 9.17) is 4.52 Å². The molecule has 7 heteroatoms. The van der Waals surface area contributed by atoms with E-state index in [1.54, 1.807) is 13.8 Å². The second kappa shape index (κ2) is 5.19. The van der Waals surface area contributed by atoms with Gasteiger partial charge in [0.05, 0.1) is 6.07 Å². The minimum absolute atomic E-state index is 0.0470. The molecule has 0 amide bonds. The van der Waals surface area contributed by atoms with Gasteiger partial charge in [-0.3, -0.25) is 0 Å². The quantitative estimate of drug-likeness (QED) is 0.921. The van der Waals surface area contributed by atoms with Crippen LogP contribution >= 0.6 is 0 Å². The lowest BCUT2D eigenvalue weighted by molar-refractivity contribution is 0.277. The van der Waals surface area contributed by atoms with Crippen LogP contribution in [0.2, 0.25) is 0 Å². The van der Waals surface area contributed by atoms with E-state index < -0.39 is 15.6 Å². The van der Waals surface area contributed by atoms with Crippen molar-refractivity contribution in [2.45, 2.75) is 56.9 Å². The summed E-state index contributed by atoms with van der Waals surface area (Å²) in [4.78, 5) is 0.0470. The maximum atomic E-state index is 12.5. The largest absolute Gasteiger partial charge is 0.360 e. The van der Waals surface area contributed by atoms with Gasteiger partial charge in [-0.2, -0.15) is 9.98 Å². The highest BCUT2D eigenvalue weighted by atomic mass is 32.2. The SMILES string of the molecule is Cc1noc(C)c1S(=O)(=O)NC1(C#N)CCC(C)CC1. The smallest absolute Gasteiger partial charge is 0.247 e. The molecular formula is C13H19N3O3S. The summed E-state index contributed by atoms with van der Waals surface area (Å²) in [6.45, 7) is 5.24. The highest BCUT2D eigenvalue weighted by Gasteiger charge is 2.40. The molecule has 6 nitrogen and oxygen atoms in total. The van der Waals surface area contributed by atoms with E-state index in [-0.39, 0.29) is 10.7 Å². The first-order valence-electron chi connectivity index (χ1n) is 6.68. The van der Waals surface area contributed by atoms with Gasteiger partial charge >= 0.3 is 0 Å². The van der Waals surface area contributed by atoms with Crippen LogP contribution in [0.4, 0.5) is 0 Å². The normalized spacial score (nSPS) is 27.2. The Morgan fingerprint density at radius 3 is 2.45 bits per heavy atom. The summed E-state index contributed by atoms with van der Waals surface area (Å²) < 4.78 is 32.4. The van der Waals surface area contributed by atoms with Crippen molar-refractivity contribution < 1.29 is 12.9 Å². The predicted molar refractivity (Wildman–Crippen MR) is 72.3 cm³/mol. The summed E-state index contributed by atoms with van der Waals surface area (Å²) in [5, 5.41) is 13.1. The zero-order valence-electron chi connectivity index (χ0n) is 11.9. The zero-order valence-corrected chi connectivity index (χ0v) is 12.7. The van der Waals surface area contributed by atoms with Gasteiger partial charge in [-0.15, -0.1) is 0 Å². The molecule has 0 spiro atoms. The number of hydrogen-bond donors (Lipinski definition) is 1. The van der Waals surface area contributed by atoms with E-state index >= 15 is 0 Å². The van der Waals surface area contributed by atoms with Crippen LogP contribution in [-0.2, 0) is 10.0 Å². The van der Waals surface area contributed by atoms with E-state index in [0.717, 1.165) is 12.8 Å². The Balaban J connectivity index is 2.30. The molecule has 1 heterocycles. The van der Waals surface area contributed by atoms with Crippen LogP contribution in [-0.4, -0.2) is 19.1 Å². The fourth-order valence-corrected chi connectivity index (χ4v) is 4.37. The van der Waals surface area contributed by atoms with Crippen molar-refractivity contribution in [1.29, 1.82) is 5.26 Å². The average molecular weight is 297 g/mol. The number of rotatable bonds is 3. The lowest BCUT2D eigenvalue weighted by Crippen LogP contribution is -2.49. The fourth-order valence-electron chi connectivity index (χ4n) is 2.66. The van der Waals surface area contributed by atoms with Crippen molar-refractivity contribution in [3.05, 3.63) is 11.5 Å². The average Bonchev–Trinajstić information content (AvgIpc) is 2.72. The molecule has 0 saturated heterocycles. The number of hydrogen-bond acceptors (Lipinski definition) is 5. The highest BCUT2D eigenvalue weighted by molar-refractivity contribution is 7.89. The summed E-state index contributed by atoms with van der Waals surface area (Å²) in [5.41, 5.74) is -0.700. The van der Waals surface area contributed by atoms with Gasteiger partial charge in [-0.05, 0) is 45.4 Å². The number of sulfonamides is 1. The van der Waals surface area contributed by atoms with Crippen molar-refractivity contribution in [2.24, 2.45) is 5.92 Å². The molecule has 0 aliphatic heterocycles. The standard InChI is InChI=1S/C13H19N3O3S/c1-9-4-6-13(8-14,7-5-9)16-20(17,18)12-10(2)15-19-11(12)3/h9,16H,4-7H2,1-3H3. The van der Waals surface area contributed by atoms with Gasteiger partial charge in [0.2, 0.25) is 10.0 Å². The molecule has 0 atom stereocenters. The minimum atomic E-state index is -3.79. The molecule has 110 valence electrons. The summed E-state index contributed by atoms with van der Waals surface area (Å²) in [6, 6.07) is 2.15. The Bertz CT molecular complexity index is 615. The molecular weight excluding hydrogens is 278 g/mol. The second-order valence-electron chi connectivity index (χ2n) is 5.64. The topological polar surface area (TPSA) is 96.0 Å². The van der Waals surface area contributed by atoms with E-state index in [1.807, 2.05) is 0 Å². The van der Waals surface area contributed by atoms with E-state index in [9.17, 15) is 13.7 Å². The van der Waals surface area contributed by atoms with Crippen molar-refractivity contribution in [3.63, 3.8) is 0 Å². The first kappa shape index (κ1) is 15.0. The van der Waals surface area contributed by atoms with Crippen LogP contribution in [0.25, 0.3) is 0 Å². The van der Waals surface area contributed by atoms with E-state index in [2.05, 4.69) is 22.9 Å². The monoisotopic (exact) mass is 297 g/mol. The Morgan fingerprint density at radius 2 is 2.00 bits per heavy atom. The van der Waals surface area contributed by atoms with Gasteiger partial charge in [0, 0.05) is 0 Å². The van der Waals surface area contributed by atoms with Crippen LogP contribution in [0.3, 0.4) is 0 Å². The third-order valence-electron chi connectivity index (χ3n) is 3.91. The third kappa shape index (κ3) is 2.72. The van der Waals surface area contributed by atoms with Gasteiger partial charge in [-0.1, -0.05) is 12.1 Å². The minimum Gasteiger partial charge on any atom is -0.360 e. The molecule has 0 bridgehead atoms. The Hall–Kier alpha value is -1.39. The lowest BCUT2D eigenvalue weighted by atomic mass is 9.79. The number of aryl methyl sites for hydroxylation is 2. The molecule has 1 aromatic heterocycles. The fraction of sp³-hybridized carbons (Fsp3) is 0.692. The van der Waals surface area contributed by atoms with Crippen LogP contribution < -0.4 is 4.72 Å². The molecule has 0 unspecified atom stereocenters. The molecule has 1 aromatic rings. The molecule has 1 saturated carbocycles. The van der Waals surface area contributed by atoms with Crippen molar-refractivity contribution >= 4 is 10.0 Å². The van der Waals surface area contributed by atoms with Gasteiger partial charge in [0.1, 0.15) is 16.1 Å². The molecule has 1 aliphatic carbocycles. The maximum absolute atomic E-state index is 12.5. The van der Waals surface area contributed by atoms with Crippen molar-refractivity contribution in [1.82, 2.24) is 9.88 Å². The molecule has 2 rings (SSSR count). The molecule has 1 N–H and O–H groups in total. The lowest BCUT2D eigenvalue weighted by Gasteiger charge is -2.33. The van der Waals surface area contributed by atoms with Gasteiger partial charge in [0.25, 0.3) is 0 Å². The molecule has 1 fully saturated rings. The molecule has 20 heavy (non-hydrogen) atoms. The van der Waals surface area contributed by atoms with Crippen LogP contribution in [0.5, 0.6) is 0 Å². The maximum Gasteiger partial charge on any atom is 0.247 e. The summed E-state index contributed by atoms with van der Waals surface area (Å²) in [5.74, 6) is 0.771. The summed E-state index contributed by atoms with van der Waals surface area (Å²) >= 11 is 0. The van der Waals surface area contributed by atoms with Crippen LogP contribution in [0, 0.1) is 31.1 Å². The van der Waals surface area contributed by atoms with Gasteiger partial charge in [0.15, 0.2) is 5.76 Å². The van der Waals surface area contributed by atoms with Crippen LogP contribution in [0.1, 0.15) is 44.1 Å². The van der Waals surface area contributed by atoms with Crippen molar-refractivity contribution in [2.75, 3.05) is 0 Å². The van der Waals surface area contributed by atoms with E-state index in [1.165, 1.54) is 0 Å². The van der Waals surface area contributed by atoms with E-state index in [0.29, 0.717) is 24.5 Å². The Kier molecular flexibility index (Phi) is 3.89. The van der Waals surface area contributed by atoms with Crippen molar-refractivity contribution in [3.8, 4) is 6.07 Å².